The molecule has 1 heterocycles. The number of nitrogens with zero attached hydrogens (tertiary/aromatic N) is 1. The van der Waals surface area contributed by atoms with Crippen molar-refractivity contribution in [3.8, 4) is 5.75 Å². The third-order valence-corrected chi connectivity index (χ3v) is 6.13. The second kappa shape index (κ2) is 7.64. The largest absolute Gasteiger partial charge is 0.508 e. The average molecular weight is 340 g/mol. The summed E-state index contributed by atoms with van der Waals surface area (Å²) in [5.74, 6) is 0.544. The zero-order valence-electron chi connectivity index (χ0n) is 14.3. The second-order valence-electron chi connectivity index (χ2n) is 6.55. The van der Waals surface area contributed by atoms with Gasteiger partial charge in [0, 0.05) is 31.2 Å². The summed E-state index contributed by atoms with van der Waals surface area (Å²) in [5.41, 5.74) is 3.22. The van der Waals surface area contributed by atoms with Crippen LogP contribution in [-0.2, 0) is 16.6 Å². The number of benzene rings is 1. The van der Waals surface area contributed by atoms with Gasteiger partial charge in [0.2, 0.25) is 10.0 Å². The molecule has 0 radical (unpaired) electrons. The number of hydrogen-bond acceptors (Lipinski definition) is 4. The molecule has 0 amide bonds. The zero-order valence-corrected chi connectivity index (χ0v) is 15.1. The van der Waals surface area contributed by atoms with E-state index in [2.05, 4.69) is 9.62 Å². The Labute approximate surface area is 139 Å². The van der Waals surface area contributed by atoms with Crippen molar-refractivity contribution in [2.75, 3.05) is 18.8 Å². The molecule has 1 fully saturated rings. The summed E-state index contributed by atoms with van der Waals surface area (Å²) in [5, 5.41) is 10.1. The van der Waals surface area contributed by atoms with E-state index in [1.54, 1.807) is 0 Å². The molecule has 23 heavy (non-hydrogen) atoms. The van der Waals surface area contributed by atoms with Crippen LogP contribution in [0.4, 0.5) is 0 Å². The fraction of sp³-hybridized carbons (Fsp3) is 0.647. The third-order valence-electron chi connectivity index (χ3n) is 4.50. The first-order chi connectivity index (χ1) is 10.8. The Morgan fingerprint density at radius 2 is 1.83 bits per heavy atom. The minimum Gasteiger partial charge on any atom is -0.508 e. The van der Waals surface area contributed by atoms with Gasteiger partial charge >= 0.3 is 0 Å². The molecule has 0 atom stereocenters. The van der Waals surface area contributed by atoms with E-state index in [1.165, 1.54) is 5.56 Å². The summed E-state index contributed by atoms with van der Waals surface area (Å²) in [4.78, 5) is 2.27. The molecule has 0 aromatic heterocycles. The molecular weight excluding hydrogens is 312 g/mol. The quantitative estimate of drug-likeness (QED) is 0.834. The second-order valence-corrected chi connectivity index (χ2v) is 8.43. The normalized spacial score (nSPS) is 17.5. The van der Waals surface area contributed by atoms with Gasteiger partial charge in [0.05, 0.1) is 5.75 Å². The number of phenols is 1. The topological polar surface area (TPSA) is 69.6 Å². The summed E-state index contributed by atoms with van der Waals surface area (Å²) in [6, 6.07) is 3.90. The third kappa shape index (κ3) is 5.19. The van der Waals surface area contributed by atoms with Gasteiger partial charge in [-0.3, -0.25) is 4.90 Å². The van der Waals surface area contributed by atoms with Crippen molar-refractivity contribution in [2.24, 2.45) is 0 Å². The Balaban J connectivity index is 1.89. The maximum absolute atomic E-state index is 11.8. The minimum absolute atomic E-state index is 0.0381. The van der Waals surface area contributed by atoms with Crippen LogP contribution >= 0.6 is 0 Å². The molecule has 2 rings (SSSR count). The van der Waals surface area contributed by atoms with Crippen LogP contribution in [0.15, 0.2) is 12.1 Å². The lowest BCUT2D eigenvalue weighted by atomic mass is 10.0. The lowest BCUT2D eigenvalue weighted by molar-refractivity contribution is 0.198. The molecule has 0 bridgehead atoms. The Kier molecular flexibility index (Phi) is 6.06. The van der Waals surface area contributed by atoms with Crippen LogP contribution in [0.5, 0.6) is 5.75 Å². The number of sulfonamides is 1. The van der Waals surface area contributed by atoms with Gasteiger partial charge < -0.3 is 5.11 Å². The van der Waals surface area contributed by atoms with Crippen molar-refractivity contribution < 1.29 is 13.5 Å². The first-order valence-corrected chi connectivity index (χ1v) is 9.97. The summed E-state index contributed by atoms with van der Waals surface area (Å²) in [6.45, 7) is 8.30. The summed E-state index contributed by atoms with van der Waals surface area (Å²) >= 11 is 0. The number of likely N-dealkylation sites (tertiary alicyclic amines) is 1. The number of piperidine rings is 1. The number of phenolic OH excluding ortho intramolecular Hbond substituents is 1. The highest BCUT2D eigenvalue weighted by atomic mass is 32.2. The highest BCUT2D eigenvalue weighted by Gasteiger charge is 2.23. The van der Waals surface area contributed by atoms with E-state index < -0.39 is 10.0 Å². The van der Waals surface area contributed by atoms with E-state index in [1.807, 2.05) is 32.9 Å². The highest BCUT2D eigenvalue weighted by Crippen LogP contribution is 2.24. The number of nitrogens with one attached hydrogen (secondary N) is 1. The van der Waals surface area contributed by atoms with Crippen LogP contribution in [0.2, 0.25) is 0 Å². The van der Waals surface area contributed by atoms with Gasteiger partial charge in [-0.25, -0.2) is 13.1 Å². The van der Waals surface area contributed by atoms with Crippen molar-refractivity contribution in [3.63, 3.8) is 0 Å². The minimum atomic E-state index is -3.13. The standard InChI is InChI=1S/C17H28N2O3S/c1-4-9-23(21,22)18-16-5-7-19(8-6-16)12-15-10-13(2)14(3)11-17(15)20/h10-11,16,18,20H,4-9,12H2,1-3H3. The molecule has 1 aliphatic heterocycles. The molecule has 0 unspecified atom stereocenters. The number of rotatable bonds is 6. The van der Waals surface area contributed by atoms with Gasteiger partial charge in [-0.2, -0.15) is 0 Å². The maximum atomic E-state index is 11.8. The maximum Gasteiger partial charge on any atom is 0.211 e. The molecular formula is C17H28N2O3S. The van der Waals surface area contributed by atoms with Crippen molar-refractivity contribution >= 4 is 10.0 Å². The summed E-state index contributed by atoms with van der Waals surface area (Å²) < 4.78 is 26.5. The number of aryl methyl sites for hydroxylation is 2. The molecule has 1 aromatic rings. The van der Waals surface area contributed by atoms with Crippen LogP contribution in [0, 0.1) is 13.8 Å². The van der Waals surface area contributed by atoms with Crippen molar-refractivity contribution in [2.45, 2.75) is 52.6 Å². The van der Waals surface area contributed by atoms with Gasteiger partial charge in [0.25, 0.3) is 0 Å². The first-order valence-electron chi connectivity index (χ1n) is 8.32. The van der Waals surface area contributed by atoms with E-state index in [0.29, 0.717) is 18.7 Å². The molecule has 0 saturated carbocycles. The molecule has 130 valence electrons. The monoisotopic (exact) mass is 340 g/mol. The highest BCUT2D eigenvalue weighted by molar-refractivity contribution is 7.89. The van der Waals surface area contributed by atoms with E-state index in [9.17, 15) is 13.5 Å². The molecule has 5 nitrogen and oxygen atoms in total. The molecule has 0 aliphatic carbocycles. The predicted molar refractivity (Wildman–Crippen MR) is 93.1 cm³/mol. The van der Waals surface area contributed by atoms with Crippen molar-refractivity contribution in [3.05, 3.63) is 28.8 Å². The average Bonchev–Trinajstić information content (AvgIpc) is 2.46. The predicted octanol–water partition coefficient (Wildman–Crippen LogP) is 2.30. The van der Waals surface area contributed by atoms with Gasteiger partial charge in [-0.15, -0.1) is 0 Å². The van der Waals surface area contributed by atoms with Crippen LogP contribution < -0.4 is 4.72 Å². The summed E-state index contributed by atoms with van der Waals surface area (Å²) in [7, 11) is -3.13. The van der Waals surface area contributed by atoms with Crippen molar-refractivity contribution in [1.29, 1.82) is 0 Å². The van der Waals surface area contributed by atoms with E-state index in [0.717, 1.165) is 37.1 Å². The lowest BCUT2D eigenvalue weighted by Crippen LogP contribution is -2.44. The van der Waals surface area contributed by atoms with Crippen LogP contribution in [0.1, 0.15) is 42.9 Å². The molecule has 0 spiro atoms. The number of hydrogen-bond donors (Lipinski definition) is 2. The van der Waals surface area contributed by atoms with Crippen LogP contribution in [0.3, 0.4) is 0 Å². The number of aromatic hydroxyl groups is 1. The first kappa shape index (κ1) is 18.2. The van der Waals surface area contributed by atoms with Gasteiger partial charge in [0.15, 0.2) is 0 Å². The van der Waals surface area contributed by atoms with Crippen LogP contribution in [0.25, 0.3) is 0 Å². The molecule has 1 aromatic carbocycles. The Morgan fingerprint density at radius 1 is 1.22 bits per heavy atom. The molecule has 1 aliphatic rings. The van der Waals surface area contributed by atoms with E-state index in [4.69, 9.17) is 0 Å². The van der Waals surface area contributed by atoms with E-state index in [-0.39, 0.29) is 11.8 Å². The zero-order chi connectivity index (χ0) is 17.0. The molecule has 6 heteroatoms. The molecule has 1 saturated heterocycles. The van der Waals surface area contributed by atoms with E-state index >= 15 is 0 Å². The van der Waals surface area contributed by atoms with Crippen molar-refractivity contribution in [1.82, 2.24) is 9.62 Å². The van der Waals surface area contributed by atoms with Crippen LogP contribution in [-0.4, -0.2) is 43.3 Å². The lowest BCUT2D eigenvalue weighted by Gasteiger charge is -2.32. The fourth-order valence-electron chi connectivity index (χ4n) is 3.02. The fourth-order valence-corrected chi connectivity index (χ4v) is 4.42. The van der Waals surface area contributed by atoms with Gasteiger partial charge in [-0.05, 0) is 50.3 Å². The summed E-state index contributed by atoms with van der Waals surface area (Å²) in [6.07, 6.45) is 2.27. The SMILES string of the molecule is CCCS(=O)(=O)NC1CCN(Cc2cc(C)c(C)cc2O)CC1. The molecule has 2 N–H and O–H groups in total. The Hall–Kier alpha value is -1.11. The Bertz CT molecular complexity index is 635. The van der Waals surface area contributed by atoms with Gasteiger partial charge in [0.1, 0.15) is 5.75 Å². The smallest absolute Gasteiger partial charge is 0.211 e. The van der Waals surface area contributed by atoms with Gasteiger partial charge in [-0.1, -0.05) is 13.0 Å². The Morgan fingerprint density at radius 3 is 2.43 bits per heavy atom.